The normalized spacial score (nSPS) is 11.1. The quantitative estimate of drug-likeness (QED) is 0.752. The molecule has 4 heteroatoms. The van der Waals surface area contributed by atoms with E-state index in [1.807, 2.05) is 31.3 Å². The highest BCUT2D eigenvalue weighted by atomic mass is 14.9. The number of hydrogen-bond donors (Lipinski definition) is 2. The number of aromatic nitrogens is 3. The maximum Gasteiger partial charge on any atom is 0.130 e. The first-order valence-electron chi connectivity index (χ1n) is 6.39. The average molecular weight is 252 g/mol. The number of H-pyrrole nitrogens is 1. The molecule has 4 nitrogen and oxygen atoms in total. The van der Waals surface area contributed by atoms with E-state index in [4.69, 9.17) is 5.73 Å². The first-order valence-corrected chi connectivity index (χ1v) is 6.39. The molecule has 2 aromatic heterocycles. The molecule has 0 saturated heterocycles. The van der Waals surface area contributed by atoms with Crippen LogP contribution in [0.4, 0.5) is 0 Å². The van der Waals surface area contributed by atoms with Crippen LogP contribution in [0.2, 0.25) is 0 Å². The Morgan fingerprint density at radius 2 is 2.05 bits per heavy atom. The van der Waals surface area contributed by atoms with E-state index >= 15 is 0 Å². The minimum Gasteiger partial charge on any atom is -0.360 e. The number of para-hydroxylation sites is 1. The van der Waals surface area contributed by atoms with Crippen LogP contribution in [0.1, 0.15) is 11.5 Å². The van der Waals surface area contributed by atoms with Crippen LogP contribution in [0.15, 0.2) is 36.5 Å². The Morgan fingerprint density at radius 3 is 2.89 bits per heavy atom. The minimum atomic E-state index is 0.566. The molecule has 0 aliphatic carbocycles. The van der Waals surface area contributed by atoms with Crippen molar-refractivity contribution in [3.05, 3.63) is 48.0 Å². The highest BCUT2D eigenvalue weighted by Gasteiger charge is 2.09. The third kappa shape index (κ3) is 2.22. The zero-order valence-electron chi connectivity index (χ0n) is 10.9. The minimum absolute atomic E-state index is 0.566. The number of hydrogen-bond acceptors (Lipinski definition) is 3. The Balaban J connectivity index is 2.15. The van der Waals surface area contributed by atoms with Gasteiger partial charge in [-0.3, -0.25) is 0 Å². The predicted octanol–water partition coefficient (Wildman–Crippen LogP) is 2.43. The van der Waals surface area contributed by atoms with E-state index in [1.54, 1.807) is 0 Å². The molecule has 0 aliphatic heterocycles. The molecule has 0 fully saturated rings. The molecule has 0 aliphatic rings. The van der Waals surface area contributed by atoms with Gasteiger partial charge in [-0.05, 0) is 25.6 Å². The number of fused-ring (bicyclic) bond motifs is 1. The molecule has 0 unspecified atom stereocenters. The van der Waals surface area contributed by atoms with Crippen molar-refractivity contribution in [2.45, 2.75) is 13.3 Å². The van der Waals surface area contributed by atoms with E-state index in [-0.39, 0.29) is 0 Å². The van der Waals surface area contributed by atoms with Crippen LogP contribution >= 0.6 is 0 Å². The molecule has 0 saturated carbocycles. The largest absolute Gasteiger partial charge is 0.360 e. The number of nitrogens with two attached hydrogens (primary N) is 1. The summed E-state index contributed by atoms with van der Waals surface area (Å²) in [5, 5.41) is 1.18. The van der Waals surface area contributed by atoms with Gasteiger partial charge in [-0.2, -0.15) is 0 Å². The van der Waals surface area contributed by atoms with Crippen molar-refractivity contribution >= 4 is 10.9 Å². The zero-order chi connectivity index (χ0) is 13.2. The first kappa shape index (κ1) is 11.9. The Bertz CT molecular complexity index is 715. The van der Waals surface area contributed by atoms with Crippen molar-refractivity contribution in [1.29, 1.82) is 0 Å². The van der Waals surface area contributed by atoms with Crippen LogP contribution in [0.25, 0.3) is 22.2 Å². The lowest BCUT2D eigenvalue weighted by Gasteiger charge is -2.04. The molecular formula is C15H16N4. The van der Waals surface area contributed by atoms with Gasteiger partial charge in [0.1, 0.15) is 5.82 Å². The summed E-state index contributed by atoms with van der Waals surface area (Å²) >= 11 is 0. The molecule has 2 heterocycles. The number of aryl methyl sites for hydroxylation is 1. The Labute approximate surface area is 111 Å². The average Bonchev–Trinajstić information content (AvgIpc) is 2.82. The Morgan fingerprint density at radius 1 is 1.21 bits per heavy atom. The zero-order valence-corrected chi connectivity index (χ0v) is 10.9. The SMILES string of the molecule is Cc1cc(-c2c[nH]c3ccccc23)nc(CCN)n1. The van der Waals surface area contributed by atoms with Crippen LogP contribution in [-0.2, 0) is 6.42 Å². The summed E-state index contributed by atoms with van der Waals surface area (Å²) in [5.41, 5.74) is 9.74. The third-order valence-electron chi connectivity index (χ3n) is 3.13. The maximum atomic E-state index is 5.58. The van der Waals surface area contributed by atoms with Gasteiger partial charge in [0.15, 0.2) is 0 Å². The highest BCUT2D eigenvalue weighted by Crippen LogP contribution is 2.27. The molecule has 3 aromatic rings. The number of benzene rings is 1. The van der Waals surface area contributed by atoms with Crippen LogP contribution in [0, 0.1) is 6.92 Å². The van der Waals surface area contributed by atoms with Gasteiger partial charge >= 0.3 is 0 Å². The van der Waals surface area contributed by atoms with Gasteiger partial charge in [-0.25, -0.2) is 9.97 Å². The summed E-state index contributed by atoms with van der Waals surface area (Å²) in [6, 6.07) is 10.2. The van der Waals surface area contributed by atoms with Crippen LogP contribution in [0.5, 0.6) is 0 Å². The van der Waals surface area contributed by atoms with Crippen molar-refractivity contribution in [3.8, 4) is 11.3 Å². The monoisotopic (exact) mass is 252 g/mol. The molecule has 3 N–H and O–H groups in total. The topological polar surface area (TPSA) is 67.6 Å². The fraction of sp³-hybridized carbons (Fsp3) is 0.200. The lowest BCUT2D eigenvalue weighted by Crippen LogP contribution is -2.07. The summed E-state index contributed by atoms with van der Waals surface area (Å²) in [7, 11) is 0. The molecule has 0 atom stereocenters. The molecule has 96 valence electrons. The summed E-state index contributed by atoms with van der Waals surface area (Å²) in [5.74, 6) is 0.808. The van der Waals surface area contributed by atoms with Gasteiger partial charge in [-0.15, -0.1) is 0 Å². The van der Waals surface area contributed by atoms with Gasteiger partial charge in [0.25, 0.3) is 0 Å². The van der Waals surface area contributed by atoms with E-state index in [0.717, 1.165) is 28.3 Å². The van der Waals surface area contributed by atoms with Crippen molar-refractivity contribution < 1.29 is 0 Å². The third-order valence-corrected chi connectivity index (χ3v) is 3.13. The molecular weight excluding hydrogens is 236 g/mol. The van der Waals surface area contributed by atoms with E-state index in [2.05, 4.69) is 27.1 Å². The molecule has 0 bridgehead atoms. The molecule has 1 aromatic carbocycles. The summed E-state index contributed by atoms with van der Waals surface area (Å²) < 4.78 is 0. The van der Waals surface area contributed by atoms with Gasteiger partial charge in [-0.1, -0.05) is 18.2 Å². The predicted molar refractivity (Wildman–Crippen MR) is 76.8 cm³/mol. The standard InChI is InChI=1S/C15H16N4/c1-10-8-14(19-15(18-10)6-7-16)12-9-17-13-5-3-2-4-11(12)13/h2-5,8-9,17H,6-7,16H2,1H3. The Kier molecular flexibility index (Phi) is 3.01. The number of nitrogens with zero attached hydrogens (tertiary/aromatic N) is 2. The summed E-state index contributed by atoms with van der Waals surface area (Å²) in [4.78, 5) is 12.3. The first-order chi connectivity index (χ1) is 9.28. The molecule has 19 heavy (non-hydrogen) atoms. The lowest BCUT2D eigenvalue weighted by atomic mass is 10.1. The van der Waals surface area contributed by atoms with E-state index < -0.39 is 0 Å². The molecule has 3 rings (SSSR count). The van der Waals surface area contributed by atoms with Crippen LogP contribution in [0.3, 0.4) is 0 Å². The van der Waals surface area contributed by atoms with Crippen molar-refractivity contribution in [2.24, 2.45) is 5.73 Å². The van der Waals surface area contributed by atoms with Gasteiger partial charge < -0.3 is 10.7 Å². The van der Waals surface area contributed by atoms with E-state index in [1.165, 1.54) is 5.39 Å². The van der Waals surface area contributed by atoms with E-state index in [0.29, 0.717) is 13.0 Å². The lowest BCUT2D eigenvalue weighted by molar-refractivity contribution is 0.858. The van der Waals surface area contributed by atoms with E-state index in [9.17, 15) is 0 Å². The van der Waals surface area contributed by atoms with Crippen molar-refractivity contribution in [3.63, 3.8) is 0 Å². The second-order valence-electron chi connectivity index (χ2n) is 4.60. The second kappa shape index (κ2) is 4.82. The van der Waals surface area contributed by atoms with Crippen LogP contribution in [-0.4, -0.2) is 21.5 Å². The van der Waals surface area contributed by atoms with Crippen molar-refractivity contribution in [1.82, 2.24) is 15.0 Å². The highest BCUT2D eigenvalue weighted by molar-refractivity contribution is 5.94. The molecule has 0 amide bonds. The summed E-state index contributed by atoms with van der Waals surface area (Å²) in [6.07, 6.45) is 2.70. The molecule has 0 radical (unpaired) electrons. The van der Waals surface area contributed by atoms with Gasteiger partial charge in [0, 0.05) is 34.8 Å². The number of nitrogens with one attached hydrogen (secondary N) is 1. The fourth-order valence-electron chi connectivity index (χ4n) is 2.29. The fourth-order valence-corrected chi connectivity index (χ4v) is 2.29. The second-order valence-corrected chi connectivity index (χ2v) is 4.60. The van der Waals surface area contributed by atoms with Crippen LogP contribution < -0.4 is 5.73 Å². The smallest absolute Gasteiger partial charge is 0.130 e. The molecule has 0 spiro atoms. The van der Waals surface area contributed by atoms with Crippen molar-refractivity contribution in [2.75, 3.05) is 6.54 Å². The number of rotatable bonds is 3. The van der Waals surface area contributed by atoms with Gasteiger partial charge in [0.05, 0.1) is 5.69 Å². The van der Waals surface area contributed by atoms with Gasteiger partial charge in [0.2, 0.25) is 0 Å². The summed E-state index contributed by atoms with van der Waals surface area (Å²) in [6.45, 7) is 2.55. The maximum absolute atomic E-state index is 5.58. The number of aromatic amines is 1. The Hall–Kier alpha value is -2.20.